The number of azo groups is 2. The van der Waals surface area contributed by atoms with Crippen LogP contribution in [-0.2, 0) is 20.2 Å². The summed E-state index contributed by atoms with van der Waals surface area (Å²) in [5.41, 5.74) is 2.37. The first kappa shape index (κ1) is 47.8. The second-order valence-corrected chi connectivity index (χ2v) is 18.2. The van der Waals surface area contributed by atoms with E-state index in [0.29, 0.717) is 60.2 Å². The quantitative estimate of drug-likeness (QED) is 0.0317. The molecule has 0 unspecified atom stereocenters. The summed E-state index contributed by atoms with van der Waals surface area (Å²) < 4.78 is 65.4. The van der Waals surface area contributed by atoms with Gasteiger partial charge in [0.2, 0.25) is 17.8 Å². The number of nitrogens with one attached hydrogen (secondary N) is 2. The van der Waals surface area contributed by atoms with Crippen molar-refractivity contribution in [3.05, 3.63) is 59.7 Å². The van der Waals surface area contributed by atoms with E-state index < -0.39 is 28.7 Å². The fraction of sp³-hybridized carbons (Fsp3) is 0.324. The molecule has 3 aromatic heterocycles. The van der Waals surface area contributed by atoms with Crippen LogP contribution in [-0.4, -0.2) is 104 Å². The third-order valence-electron chi connectivity index (χ3n) is 8.98. The molecule has 63 heavy (non-hydrogen) atoms. The Morgan fingerprint density at radius 3 is 1.35 bits per heavy atom. The highest BCUT2D eigenvalue weighted by Crippen LogP contribution is 2.40. The van der Waals surface area contributed by atoms with Gasteiger partial charge in [-0.05, 0) is 76.2 Å². The van der Waals surface area contributed by atoms with Crippen LogP contribution in [0.15, 0.2) is 77.4 Å². The van der Waals surface area contributed by atoms with Crippen LogP contribution in [0.2, 0.25) is 0 Å². The van der Waals surface area contributed by atoms with Crippen molar-refractivity contribution in [3.63, 3.8) is 0 Å². The smallest absolute Gasteiger partial charge is 0.304 e. The average molecular weight is 939 g/mol. The van der Waals surface area contributed by atoms with Gasteiger partial charge in [0, 0.05) is 50.6 Å². The lowest BCUT2D eigenvalue weighted by Crippen LogP contribution is -2.31. The number of benzene rings is 2. The number of rotatable bonds is 21. The minimum absolute atomic E-state index is 0.0262. The molecule has 0 bridgehead atoms. The van der Waals surface area contributed by atoms with Crippen molar-refractivity contribution in [3.8, 4) is 12.1 Å². The monoisotopic (exact) mass is 938 g/mol. The van der Waals surface area contributed by atoms with Gasteiger partial charge in [-0.1, -0.05) is 22.7 Å². The van der Waals surface area contributed by atoms with E-state index in [4.69, 9.17) is 0 Å². The molecule has 0 saturated carbocycles. The second-order valence-electron chi connectivity index (χ2n) is 12.9. The van der Waals surface area contributed by atoms with Crippen molar-refractivity contribution < 1.29 is 36.2 Å². The number of nitrogens with zero attached hydrogens (tertiary/aromatic N) is 12. The molecule has 3 heterocycles. The average Bonchev–Trinajstić information content (AvgIpc) is 3.89. The predicted octanol–water partition coefficient (Wildman–Crippen LogP) is 7.03. The van der Waals surface area contributed by atoms with E-state index >= 15 is 0 Å². The Morgan fingerprint density at radius 2 is 1.02 bits per heavy atom. The van der Waals surface area contributed by atoms with E-state index in [2.05, 4.69) is 55.8 Å². The normalized spacial score (nSPS) is 11.8. The number of aliphatic hydroxyl groups is 2. The highest BCUT2D eigenvalue weighted by Gasteiger charge is 2.21. The van der Waals surface area contributed by atoms with Crippen LogP contribution in [0.1, 0.15) is 38.8 Å². The van der Waals surface area contributed by atoms with Gasteiger partial charge in [-0.15, -0.1) is 20.5 Å². The highest BCUT2D eigenvalue weighted by molar-refractivity contribution is 7.88. The maximum atomic E-state index is 11.8. The summed E-state index contributed by atoms with van der Waals surface area (Å²) in [6.45, 7) is 9.93. The molecule has 332 valence electrons. The molecule has 0 aliphatic heterocycles. The number of aromatic nitrogens is 3. The van der Waals surface area contributed by atoms with Gasteiger partial charge < -0.3 is 35.5 Å². The van der Waals surface area contributed by atoms with Gasteiger partial charge in [-0.3, -0.25) is 9.11 Å². The number of anilines is 7. The fourth-order valence-corrected chi connectivity index (χ4v) is 9.06. The first-order chi connectivity index (χ1) is 30.1. The first-order valence-electron chi connectivity index (χ1n) is 19.0. The summed E-state index contributed by atoms with van der Waals surface area (Å²) in [5, 5.41) is 62.3. The molecule has 0 radical (unpaired) electrons. The van der Waals surface area contributed by atoms with E-state index in [1.165, 1.54) is 4.90 Å². The van der Waals surface area contributed by atoms with Crippen molar-refractivity contribution in [1.29, 1.82) is 10.5 Å². The number of hydrogen-bond acceptors (Lipinski definition) is 22. The number of aliphatic hydroxyl groups excluding tert-OH is 2. The van der Waals surface area contributed by atoms with Crippen LogP contribution in [0.5, 0.6) is 0 Å². The van der Waals surface area contributed by atoms with E-state index in [0.717, 1.165) is 23.5 Å². The molecule has 26 heteroatoms. The summed E-state index contributed by atoms with van der Waals surface area (Å²) >= 11 is 1.13. The van der Waals surface area contributed by atoms with E-state index in [9.17, 15) is 46.7 Å². The number of thiophene rings is 2. The Balaban J connectivity index is 1.66. The van der Waals surface area contributed by atoms with Crippen LogP contribution >= 0.6 is 22.7 Å². The van der Waals surface area contributed by atoms with Gasteiger partial charge in [-0.25, -0.2) is 0 Å². The minimum Gasteiger partial charge on any atom is -0.395 e. The van der Waals surface area contributed by atoms with Gasteiger partial charge >= 0.3 is 20.2 Å². The molecule has 2 aromatic carbocycles. The highest BCUT2D eigenvalue weighted by atomic mass is 32.3. The molecule has 22 nitrogen and oxygen atoms in total. The molecule has 5 rings (SSSR count). The SMILES string of the molecule is CCN(CC)c1ccc(/N=N/c2sc(S(=O)(=O)O)cc2C#N)c(Nc2nc(Nc3cc(N(CC)CC)ccc3/N=N/c3sc(S(=O)(=O)O)cc3C#N)nc(N(CCO)CCO)n2)c1. The molecule has 0 saturated heterocycles. The van der Waals surface area contributed by atoms with Gasteiger partial charge in [0.05, 0.1) is 35.7 Å². The molecular weight excluding hydrogens is 897 g/mol. The molecule has 0 atom stereocenters. The van der Waals surface area contributed by atoms with Crippen LogP contribution in [0.4, 0.5) is 62.0 Å². The molecule has 0 amide bonds. The van der Waals surface area contributed by atoms with Crippen molar-refractivity contribution in [2.45, 2.75) is 36.1 Å². The molecule has 0 fully saturated rings. The van der Waals surface area contributed by atoms with Crippen molar-refractivity contribution in [2.75, 3.05) is 77.8 Å². The zero-order valence-corrected chi connectivity index (χ0v) is 37.5. The maximum Gasteiger partial charge on any atom is 0.304 e. The summed E-state index contributed by atoms with van der Waals surface area (Å²) in [7, 11) is -9.24. The number of hydrogen-bond donors (Lipinski definition) is 6. The molecule has 6 N–H and O–H groups in total. The first-order valence-corrected chi connectivity index (χ1v) is 23.5. The van der Waals surface area contributed by atoms with Gasteiger partial charge in [0.25, 0.3) is 0 Å². The lowest BCUT2D eigenvalue weighted by atomic mass is 10.2. The van der Waals surface area contributed by atoms with Crippen molar-refractivity contribution in [2.24, 2.45) is 20.5 Å². The zero-order valence-electron chi connectivity index (χ0n) is 34.2. The zero-order chi connectivity index (χ0) is 45.9. The fourth-order valence-electron chi connectivity index (χ4n) is 5.89. The Kier molecular flexibility index (Phi) is 16.1. The molecule has 5 aromatic rings. The van der Waals surface area contributed by atoms with E-state index in [-0.39, 0.29) is 76.7 Å². The third-order valence-corrected chi connectivity index (χ3v) is 13.6. The predicted molar refractivity (Wildman–Crippen MR) is 239 cm³/mol. The number of nitriles is 2. The second kappa shape index (κ2) is 21.2. The lowest BCUT2D eigenvalue weighted by molar-refractivity contribution is 0.280. The molecular formula is C37H42N14O8S4. The summed E-state index contributed by atoms with van der Waals surface area (Å²) in [4.78, 5) is 19.5. The van der Waals surface area contributed by atoms with Gasteiger partial charge in [0.1, 0.15) is 31.9 Å². The summed E-state index contributed by atoms with van der Waals surface area (Å²) in [6, 6.07) is 16.1. The van der Waals surface area contributed by atoms with Crippen LogP contribution in [0.25, 0.3) is 0 Å². The Labute approximate surface area is 371 Å². The third kappa shape index (κ3) is 12.0. The van der Waals surface area contributed by atoms with Gasteiger partial charge in [-0.2, -0.15) is 42.3 Å². The minimum atomic E-state index is -4.62. The van der Waals surface area contributed by atoms with Crippen LogP contribution in [0.3, 0.4) is 0 Å². The summed E-state index contributed by atoms with van der Waals surface area (Å²) in [5.74, 6) is -0.0524. The molecule has 0 aliphatic rings. The Hall–Kier alpha value is -6.23. The molecule has 0 spiro atoms. The van der Waals surface area contributed by atoms with Crippen molar-refractivity contribution >= 4 is 105 Å². The largest absolute Gasteiger partial charge is 0.395 e. The molecule has 0 aliphatic carbocycles. The Bertz CT molecular complexity index is 2610. The van der Waals surface area contributed by atoms with Gasteiger partial charge in [0.15, 0.2) is 10.0 Å². The Morgan fingerprint density at radius 1 is 0.619 bits per heavy atom. The van der Waals surface area contributed by atoms with E-state index in [1.807, 2.05) is 39.8 Å². The lowest BCUT2D eigenvalue weighted by Gasteiger charge is -2.24. The van der Waals surface area contributed by atoms with Crippen LogP contribution < -0.4 is 25.3 Å². The summed E-state index contributed by atoms with van der Waals surface area (Å²) in [6.07, 6.45) is 0. The topological polar surface area (TPSA) is 319 Å². The van der Waals surface area contributed by atoms with E-state index in [1.54, 1.807) is 36.4 Å². The standard InChI is InChI=1S/C37H42N14O8S4/c1-5-49(6-2)25-9-11-27(45-47-33-23(21-38)17-31(60-33)62(54,55)56)29(19-25)40-35-42-36(44-37(43-35)51(13-15-52)14-16-53)41-30-20-26(50(7-3)8-4)10-12-28(30)46-48-34-24(22-39)18-32(61-34)63(57,58)59/h9-12,17-20,52-53H,5-8,13-16H2,1-4H3,(H,54,55,56)(H,57,58,59)(H2,40,41,42,43,44)/b47-45+,48-46+. The maximum absolute atomic E-state index is 11.8. The van der Waals surface area contributed by atoms with Crippen molar-refractivity contribution in [1.82, 2.24) is 15.0 Å². The van der Waals surface area contributed by atoms with Crippen LogP contribution in [0, 0.1) is 22.7 Å².